The summed E-state index contributed by atoms with van der Waals surface area (Å²) >= 11 is 6.30. The summed E-state index contributed by atoms with van der Waals surface area (Å²) in [5.41, 5.74) is 0. The molecule has 1 atom stereocenters. The van der Waals surface area contributed by atoms with Gasteiger partial charge in [0.15, 0.2) is 0 Å². The Hall–Kier alpha value is -0.800. The van der Waals surface area contributed by atoms with Gasteiger partial charge in [-0.2, -0.15) is 0 Å². The van der Waals surface area contributed by atoms with Crippen molar-refractivity contribution in [3.63, 3.8) is 0 Å². The Kier molecular flexibility index (Phi) is 5.02. The molecule has 1 aromatic rings. The van der Waals surface area contributed by atoms with Crippen molar-refractivity contribution in [1.29, 1.82) is 0 Å². The Morgan fingerprint density at radius 2 is 2.05 bits per heavy atom. The second-order valence-corrected chi connectivity index (χ2v) is 7.15. The molecule has 0 N–H and O–H groups in total. The number of anilines is 1. The van der Waals surface area contributed by atoms with Crippen LogP contribution in [0.4, 0.5) is 5.82 Å². The summed E-state index contributed by atoms with van der Waals surface area (Å²) in [6.45, 7) is 8.37. The number of likely N-dealkylation sites (tertiary alicyclic amines) is 1. The molecule has 0 radical (unpaired) electrons. The maximum atomic E-state index is 6.30. The first-order chi connectivity index (χ1) is 10.2. The van der Waals surface area contributed by atoms with Crippen molar-refractivity contribution >= 4 is 17.4 Å². The van der Waals surface area contributed by atoms with E-state index >= 15 is 0 Å². The Labute approximate surface area is 133 Å². The van der Waals surface area contributed by atoms with Crippen molar-refractivity contribution < 1.29 is 0 Å². The molecule has 1 aromatic heterocycles. The van der Waals surface area contributed by atoms with Crippen LogP contribution in [0.1, 0.15) is 32.6 Å². The van der Waals surface area contributed by atoms with Crippen LogP contribution in [0.5, 0.6) is 0 Å². The molecule has 2 aliphatic rings. The molecular formula is C17H26ClN3. The van der Waals surface area contributed by atoms with E-state index in [-0.39, 0.29) is 0 Å². The predicted molar refractivity (Wildman–Crippen MR) is 89.0 cm³/mol. The number of nitrogens with zero attached hydrogens (tertiary/aromatic N) is 3. The fourth-order valence-electron chi connectivity index (χ4n) is 3.63. The number of piperidine rings is 2. The molecule has 21 heavy (non-hydrogen) atoms. The zero-order valence-corrected chi connectivity index (χ0v) is 13.7. The van der Waals surface area contributed by atoms with Crippen LogP contribution in [-0.4, -0.2) is 42.6 Å². The van der Waals surface area contributed by atoms with Gasteiger partial charge in [-0.1, -0.05) is 18.5 Å². The maximum Gasteiger partial charge on any atom is 0.147 e. The van der Waals surface area contributed by atoms with E-state index in [1.807, 2.05) is 18.3 Å². The molecule has 0 aromatic carbocycles. The van der Waals surface area contributed by atoms with E-state index in [9.17, 15) is 0 Å². The van der Waals surface area contributed by atoms with E-state index < -0.39 is 0 Å². The van der Waals surface area contributed by atoms with Crippen molar-refractivity contribution in [1.82, 2.24) is 9.88 Å². The second-order valence-electron chi connectivity index (χ2n) is 6.75. The first-order valence-electron chi connectivity index (χ1n) is 8.30. The second kappa shape index (κ2) is 6.97. The van der Waals surface area contributed by atoms with Gasteiger partial charge in [0.05, 0.1) is 5.02 Å². The van der Waals surface area contributed by atoms with Crippen molar-refractivity contribution in [2.75, 3.05) is 37.6 Å². The molecule has 2 fully saturated rings. The van der Waals surface area contributed by atoms with Gasteiger partial charge in [0.2, 0.25) is 0 Å². The van der Waals surface area contributed by atoms with E-state index in [0.29, 0.717) is 0 Å². The van der Waals surface area contributed by atoms with Crippen LogP contribution in [-0.2, 0) is 0 Å². The number of hydrogen-bond donors (Lipinski definition) is 0. The number of hydrogen-bond acceptors (Lipinski definition) is 3. The molecule has 3 rings (SSSR count). The number of aromatic nitrogens is 1. The fourth-order valence-corrected chi connectivity index (χ4v) is 3.87. The van der Waals surface area contributed by atoms with Crippen LogP contribution in [0.2, 0.25) is 5.02 Å². The third-order valence-electron chi connectivity index (χ3n) is 4.95. The quantitative estimate of drug-likeness (QED) is 0.849. The third kappa shape index (κ3) is 3.89. The molecule has 2 saturated heterocycles. The molecule has 0 amide bonds. The Morgan fingerprint density at radius 1 is 1.24 bits per heavy atom. The Bertz CT molecular complexity index is 457. The minimum atomic E-state index is 0.755. The van der Waals surface area contributed by atoms with Gasteiger partial charge in [-0.05, 0) is 62.7 Å². The zero-order chi connectivity index (χ0) is 14.7. The Balaban J connectivity index is 1.57. The lowest BCUT2D eigenvalue weighted by molar-refractivity contribution is 0.159. The molecule has 4 heteroatoms. The van der Waals surface area contributed by atoms with Crippen LogP contribution in [0.15, 0.2) is 18.3 Å². The summed E-state index contributed by atoms with van der Waals surface area (Å²) in [6.07, 6.45) is 7.16. The first kappa shape index (κ1) is 15.1. The summed E-state index contributed by atoms with van der Waals surface area (Å²) in [7, 11) is 0. The topological polar surface area (TPSA) is 19.4 Å². The predicted octanol–water partition coefficient (Wildman–Crippen LogP) is 3.68. The van der Waals surface area contributed by atoms with Crippen LogP contribution in [0, 0.1) is 11.8 Å². The maximum absolute atomic E-state index is 6.30. The highest BCUT2D eigenvalue weighted by molar-refractivity contribution is 6.32. The third-order valence-corrected chi connectivity index (χ3v) is 5.25. The Morgan fingerprint density at radius 3 is 2.81 bits per heavy atom. The van der Waals surface area contributed by atoms with E-state index in [2.05, 4.69) is 21.7 Å². The molecule has 3 heterocycles. The normalized spacial score (nSPS) is 25.2. The minimum absolute atomic E-state index is 0.755. The summed E-state index contributed by atoms with van der Waals surface area (Å²) < 4.78 is 0. The van der Waals surface area contributed by atoms with Crippen molar-refractivity contribution in [3.05, 3.63) is 23.4 Å². The van der Waals surface area contributed by atoms with Gasteiger partial charge in [0.25, 0.3) is 0 Å². The zero-order valence-electron chi connectivity index (χ0n) is 13.0. The number of pyridine rings is 1. The van der Waals surface area contributed by atoms with Crippen molar-refractivity contribution in [2.24, 2.45) is 11.8 Å². The van der Waals surface area contributed by atoms with Gasteiger partial charge in [-0.25, -0.2) is 4.98 Å². The van der Waals surface area contributed by atoms with Gasteiger partial charge in [-0.15, -0.1) is 0 Å². The van der Waals surface area contributed by atoms with E-state index in [1.54, 1.807) is 0 Å². The molecule has 2 aliphatic heterocycles. The average molecular weight is 308 g/mol. The number of halogens is 1. The highest BCUT2D eigenvalue weighted by atomic mass is 35.5. The molecule has 116 valence electrons. The van der Waals surface area contributed by atoms with Gasteiger partial charge < -0.3 is 9.80 Å². The SMILES string of the molecule is CC1CCN(CC2CCCN(c3ncccc3Cl)C2)CC1. The van der Waals surface area contributed by atoms with Gasteiger partial charge in [0, 0.05) is 25.8 Å². The molecule has 0 saturated carbocycles. The summed E-state index contributed by atoms with van der Waals surface area (Å²) in [4.78, 5) is 9.51. The molecule has 1 unspecified atom stereocenters. The fraction of sp³-hybridized carbons (Fsp3) is 0.706. The summed E-state index contributed by atoms with van der Waals surface area (Å²) in [5, 5.41) is 0.782. The average Bonchev–Trinajstić information content (AvgIpc) is 2.50. The minimum Gasteiger partial charge on any atom is -0.355 e. The summed E-state index contributed by atoms with van der Waals surface area (Å²) in [5.74, 6) is 2.64. The monoisotopic (exact) mass is 307 g/mol. The largest absolute Gasteiger partial charge is 0.355 e. The van der Waals surface area contributed by atoms with Gasteiger partial charge in [-0.3, -0.25) is 0 Å². The van der Waals surface area contributed by atoms with Gasteiger partial charge >= 0.3 is 0 Å². The highest BCUT2D eigenvalue weighted by Crippen LogP contribution is 2.28. The molecule has 0 bridgehead atoms. The van der Waals surface area contributed by atoms with Crippen LogP contribution in [0.3, 0.4) is 0 Å². The van der Waals surface area contributed by atoms with E-state index in [0.717, 1.165) is 35.8 Å². The standard InChI is InChI=1S/C17H26ClN3/c1-14-6-10-20(11-7-14)12-15-4-3-9-21(13-15)17-16(18)5-2-8-19-17/h2,5,8,14-15H,3-4,6-7,9-13H2,1H3. The molecule has 0 aliphatic carbocycles. The number of rotatable bonds is 3. The smallest absolute Gasteiger partial charge is 0.147 e. The van der Waals surface area contributed by atoms with Crippen LogP contribution < -0.4 is 4.90 Å². The van der Waals surface area contributed by atoms with E-state index in [1.165, 1.54) is 45.3 Å². The highest BCUT2D eigenvalue weighted by Gasteiger charge is 2.25. The van der Waals surface area contributed by atoms with E-state index in [4.69, 9.17) is 11.6 Å². The molecule has 0 spiro atoms. The van der Waals surface area contributed by atoms with Crippen LogP contribution >= 0.6 is 11.6 Å². The van der Waals surface area contributed by atoms with Crippen molar-refractivity contribution in [3.8, 4) is 0 Å². The van der Waals surface area contributed by atoms with Crippen molar-refractivity contribution in [2.45, 2.75) is 32.6 Å². The lowest BCUT2D eigenvalue weighted by atomic mass is 9.94. The summed E-state index contributed by atoms with van der Waals surface area (Å²) in [6, 6.07) is 3.85. The lowest BCUT2D eigenvalue weighted by Crippen LogP contribution is -2.43. The lowest BCUT2D eigenvalue weighted by Gasteiger charge is -2.38. The van der Waals surface area contributed by atoms with Crippen LogP contribution in [0.25, 0.3) is 0 Å². The molecule has 3 nitrogen and oxygen atoms in total. The first-order valence-corrected chi connectivity index (χ1v) is 8.68. The molecular weight excluding hydrogens is 282 g/mol. The van der Waals surface area contributed by atoms with Gasteiger partial charge in [0.1, 0.15) is 5.82 Å².